The van der Waals surface area contributed by atoms with Crippen LogP contribution in [0.2, 0.25) is 0 Å². The summed E-state index contributed by atoms with van der Waals surface area (Å²) in [5, 5.41) is 3.68. The quantitative estimate of drug-likeness (QED) is 0.170. The van der Waals surface area contributed by atoms with E-state index in [1.165, 1.54) is 88.4 Å². The molecule has 268 valence electrons. The number of allylic oxidation sites excluding steroid dienone is 3. The van der Waals surface area contributed by atoms with Gasteiger partial charge in [0, 0.05) is 16.6 Å². The maximum Gasteiger partial charge on any atom is 0.0725 e. The first-order valence-electron chi connectivity index (χ1n) is 19.8. The van der Waals surface area contributed by atoms with Gasteiger partial charge in [-0.2, -0.15) is 0 Å². The van der Waals surface area contributed by atoms with Crippen molar-refractivity contribution in [2.45, 2.75) is 12.3 Å². The summed E-state index contributed by atoms with van der Waals surface area (Å²) >= 11 is 0. The largest absolute Gasteiger partial charge is 0.309 e. The van der Waals surface area contributed by atoms with Crippen molar-refractivity contribution in [3.63, 3.8) is 0 Å². The van der Waals surface area contributed by atoms with Gasteiger partial charge >= 0.3 is 0 Å². The van der Waals surface area contributed by atoms with Crippen molar-refractivity contribution in [3.05, 3.63) is 233 Å². The van der Waals surface area contributed by atoms with Gasteiger partial charge in [0.25, 0.3) is 0 Å². The molecule has 1 heteroatoms. The summed E-state index contributed by atoms with van der Waals surface area (Å²) in [5.74, 6) is 0. The molecule has 1 unspecified atom stereocenters. The number of fused-ring (bicyclic) bond motifs is 11. The number of para-hydroxylation sites is 1. The fourth-order valence-corrected chi connectivity index (χ4v) is 10.0. The van der Waals surface area contributed by atoms with Crippen molar-refractivity contribution in [2.75, 3.05) is 0 Å². The molecule has 0 saturated heterocycles. The highest BCUT2D eigenvalue weighted by atomic mass is 15.0. The third-order valence-corrected chi connectivity index (χ3v) is 12.3. The molecular formula is C56H39N. The monoisotopic (exact) mass is 725 g/mol. The molecule has 11 rings (SSSR count). The average Bonchev–Trinajstić information content (AvgIpc) is 3.83. The summed E-state index contributed by atoms with van der Waals surface area (Å²) in [6, 6.07) is 61.1. The van der Waals surface area contributed by atoms with Crippen LogP contribution >= 0.6 is 0 Å². The van der Waals surface area contributed by atoms with Crippen LogP contribution in [0.25, 0.3) is 85.0 Å². The molecule has 1 atom stereocenters. The number of benzene rings is 6. The number of hydrogen-bond donors (Lipinski definition) is 0. The van der Waals surface area contributed by atoms with Gasteiger partial charge < -0.3 is 4.57 Å². The molecule has 1 nitrogen and oxygen atoms in total. The van der Waals surface area contributed by atoms with Crippen molar-refractivity contribution in [3.8, 4) is 39.1 Å². The van der Waals surface area contributed by atoms with Crippen LogP contribution in [0, 0.1) is 0 Å². The summed E-state index contributed by atoms with van der Waals surface area (Å²) in [6.45, 7) is 6.36. The van der Waals surface area contributed by atoms with Gasteiger partial charge in [0.05, 0.1) is 16.6 Å². The van der Waals surface area contributed by atoms with Gasteiger partial charge in [-0.15, -0.1) is 0 Å². The molecule has 0 amide bonds. The highest BCUT2D eigenvalue weighted by Gasteiger charge is 2.51. The molecule has 57 heavy (non-hydrogen) atoms. The molecule has 0 N–H and O–H groups in total. The first kappa shape index (κ1) is 33.1. The van der Waals surface area contributed by atoms with Crippen molar-refractivity contribution in [1.82, 2.24) is 4.57 Å². The van der Waals surface area contributed by atoms with Crippen molar-refractivity contribution < 1.29 is 0 Å². The Hall–Kier alpha value is -7.22. The van der Waals surface area contributed by atoms with Crippen molar-refractivity contribution in [2.24, 2.45) is 0 Å². The van der Waals surface area contributed by atoms with Crippen LogP contribution in [-0.4, -0.2) is 4.57 Å². The second-order valence-corrected chi connectivity index (χ2v) is 15.2. The lowest BCUT2D eigenvalue weighted by atomic mass is 9.70. The highest BCUT2D eigenvalue weighted by molar-refractivity contribution is 6.01. The molecule has 0 fully saturated rings. The first-order chi connectivity index (χ1) is 28.2. The van der Waals surface area contributed by atoms with E-state index >= 15 is 0 Å². The van der Waals surface area contributed by atoms with Crippen LogP contribution in [0.15, 0.2) is 189 Å². The summed E-state index contributed by atoms with van der Waals surface area (Å²) in [5.41, 5.74) is 19.3. The molecule has 1 aromatic heterocycles. The van der Waals surface area contributed by atoms with Crippen LogP contribution in [0.5, 0.6) is 0 Å². The minimum atomic E-state index is -0.491. The van der Waals surface area contributed by atoms with Crippen LogP contribution in [0.1, 0.15) is 51.6 Å². The highest BCUT2D eigenvalue weighted by Crippen LogP contribution is 2.63. The van der Waals surface area contributed by atoms with Gasteiger partial charge in [-0.1, -0.05) is 170 Å². The number of hydrogen-bond acceptors (Lipinski definition) is 0. The zero-order valence-electron chi connectivity index (χ0n) is 31.8. The molecule has 0 aliphatic heterocycles. The van der Waals surface area contributed by atoms with E-state index in [1.54, 1.807) is 0 Å². The fraction of sp³-hybridized carbons (Fsp3) is 0.0357. The second-order valence-electron chi connectivity index (χ2n) is 15.2. The molecule has 7 aromatic carbocycles. The number of rotatable bonds is 4. The van der Waals surface area contributed by atoms with Crippen molar-refractivity contribution in [1.29, 1.82) is 0 Å². The van der Waals surface area contributed by atoms with Gasteiger partial charge in [0.15, 0.2) is 0 Å². The summed E-state index contributed by atoms with van der Waals surface area (Å²) in [4.78, 5) is 0. The lowest BCUT2D eigenvalue weighted by molar-refractivity contribution is 0.794. The Kier molecular flexibility index (Phi) is 7.52. The standard InChI is InChI=1S/C56H39N/c1-3-17-54-42(4-2)49-35-39(31-33-55(49)57(54)41-21-6-5-7-22-41)38-30-32-52-48(34-38)47-26-13-15-29-51(47)56(52)50-28-14-12-25-45(50)46-27-16-20-37-18-8-9-19-40(36-53(46)56)44-24-11-10-23-43(37)44/h3-36H,2H2,1H3/b9-8?,17-3-,18-8-,19-9-,20-16?,27-16?,37-18?,37-20?,40-19?,40-36?,43-37?,44-40?,46-27?,53-36?. The van der Waals surface area contributed by atoms with E-state index in [-0.39, 0.29) is 0 Å². The minimum Gasteiger partial charge on any atom is -0.309 e. The zero-order chi connectivity index (χ0) is 38.1. The van der Waals surface area contributed by atoms with E-state index in [1.807, 2.05) is 6.08 Å². The summed E-state index contributed by atoms with van der Waals surface area (Å²) in [7, 11) is 0. The smallest absolute Gasteiger partial charge is 0.0725 e. The van der Waals surface area contributed by atoms with Gasteiger partial charge in [-0.3, -0.25) is 0 Å². The fourth-order valence-electron chi connectivity index (χ4n) is 10.0. The molecule has 3 aliphatic rings. The predicted octanol–water partition coefficient (Wildman–Crippen LogP) is 14.6. The third kappa shape index (κ3) is 4.76. The lowest BCUT2D eigenvalue weighted by Crippen LogP contribution is -2.25. The van der Waals surface area contributed by atoms with E-state index < -0.39 is 5.41 Å². The molecule has 1 spiro atoms. The van der Waals surface area contributed by atoms with E-state index in [4.69, 9.17) is 0 Å². The van der Waals surface area contributed by atoms with E-state index in [9.17, 15) is 0 Å². The lowest BCUT2D eigenvalue weighted by Gasteiger charge is -2.30. The molecule has 0 radical (unpaired) electrons. The molecule has 0 saturated carbocycles. The first-order valence-corrected chi connectivity index (χ1v) is 19.8. The second kappa shape index (κ2) is 12.9. The topological polar surface area (TPSA) is 4.93 Å². The number of nitrogens with zero attached hydrogens (tertiary/aromatic N) is 1. The van der Waals surface area contributed by atoms with Crippen LogP contribution < -0.4 is 0 Å². The van der Waals surface area contributed by atoms with Crippen LogP contribution in [0.4, 0.5) is 0 Å². The molecule has 3 aliphatic carbocycles. The minimum absolute atomic E-state index is 0.491. The summed E-state index contributed by atoms with van der Waals surface area (Å²) < 4.78 is 2.35. The molecule has 2 bridgehead atoms. The van der Waals surface area contributed by atoms with Gasteiger partial charge in [0.1, 0.15) is 0 Å². The van der Waals surface area contributed by atoms with Gasteiger partial charge in [0.2, 0.25) is 0 Å². The van der Waals surface area contributed by atoms with E-state index in [0.29, 0.717) is 0 Å². The Morgan fingerprint density at radius 2 is 1.09 bits per heavy atom. The maximum absolute atomic E-state index is 4.29. The molecular weight excluding hydrogens is 687 g/mol. The summed E-state index contributed by atoms with van der Waals surface area (Å²) in [6.07, 6.45) is 15.2. The van der Waals surface area contributed by atoms with Crippen molar-refractivity contribution >= 4 is 46.0 Å². The zero-order valence-corrected chi connectivity index (χ0v) is 31.8. The molecule has 8 aromatic rings. The van der Waals surface area contributed by atoms with Gasteiger partial charge in [-0.25, -0.2) is 0 Å². The molecule has 1 heterocycles. The van der Waals surface area contributed by atoms with Gasteiger partial charge in [-0.05, 0) is 127 Å². The SMILES string of the molecule is C=Cc1c(/C=C\C)n(-c2ccccc2)c2ccc(-c3ccc4c(c3)-c3ccccc3C43c4ccccc4-c4cccc5c6ccccc6c(cc43)/C=C\C=C/5)cc12. The normalized spacial score (nSPS) is 16.5. The Morgan fingerprint density at radius 1 is 0.491 bits per heavy atom. The Balaban J connectivity index is 1.18. The maximum atomic E-state index is 4.29. The average molecular weight is 726 g/mol. The van der Waals surface area contributed by atoms with Crippen LogP contribution in [0.3, 0.4) is 0 Å². The Labute approximate surface area is 333 Å². The number of aromatic nitrogens is 1. The third-order valence-electron chi connectivity index (χ3n) is 12.3. The van der Waals surface area contributed by atoms with E-state index in [2.05, 4.69) is 218 Å². The predicted molar refractivity (Wildman–Crippen MR) is 243 cm³/mol. The Bertz CT molecular complexity index is 3150. The Morgan fingerprint density at radius 3 is 1.84 bits per heavy atom. The van der Waals surface area contributed by atoms with E-state index in [0.717, 1.165) is 16.9 Å². The van der Waals surface area contributed by atoms with Crippen LogP contribution in [-0.2, 0) is 5.41 Å².